The number of nitrogens with one attached hydrogen (secondary N) is 1. The lowest BCUT2D eigenvalue weighted by Gasteiger charge is -2.29. The highest BCUT2D eigenvalue weighted by Gasteiger charge is 2.38. The van der Waals surface area contributed by atoms with Gasteiger partial charge in [0, 0.05) is 37.0 Å². The molecule has 0 radical (unpaired) electrons. The zero-order valence-corrected chi connectivity index (χ0v) is 15.3. The maximum absolute atomic E-state index is 13.1. The molecule has 25 heavy (non-hydrogen) atoms. The summed E-state index contributed by atoms with van der Waals surface area (Å²) in [5.41, 5.74) is 4.17. The summed E-state index contributed by atoms with van der Waals surface area (Å²) in [6, 6.07) is 16.2. The van der Waals surface area contributed by atoms with E-state index in [1.165, 1.54) is 0 Å². The second-order valence-corrected chi connectivity index (χ2v) is 6.35. The molecule has 1 unspecified atom stereocenters. The van der Waals surface area contributed by atoms with Crippen LogP contribution in [0.15, 0.2) is 48.5 Å². The molecule has 132 valence electrons. The molecule has 0 saturated carbocycles. The minimum absolute atomic E-state index is 0.0251. The molecule has 2 aromatic rings. The number of benzene rings is 2. The van der Waals surface area contributed by atoms with Crippen molar-refractivity contribution in [2.24, 2.45) is 0 Å². The average Bonchev–Trinajstić information content (AvgIpc) is 2.95. The summed E-state index contributed by atoms with van der Waals surface area (Å²) in [5.74, 6) is 0.138. The van der Waals surface area contributed by atoms with Crippen LogP contribution in [0.25, 0.3) is 0 Å². The molecule has 2 aromatic carbocycles. The zero-order valence-electron chi connectivity index (χ0n) is 15.3. The smallest absolute Gasteiger partial charge is 0.255 e. The minimum Gasteiger partial charge on any atom is -0.388 e. The normalized spacial score (nSPS) is 16.4. The van der Waals surface area contributed by atoms with E-state index < -0.39 is 0 Å². The van der Waals surface area contributed by atoms with Gasteiger partial charge in [-0.25, -0.2) is 0 Å². The first-order chi connectivity index (χ1) is 12.2. The van der Waals surface area contributed by atoms with Gasteiger partial charge in [0.25, 0.3) is 5.91 Å². The minimum atomic E-state index is -0.0251. The Labute approximate surface area is 150 Å². The highest BCUT2D eigenvalue weighted by molar-refractivity contribution is 6.00. The number of carbonyl (C=O) groups is 1. The van der Waals surface area contributed by atoms with Gasteiger partial charge in [-0.15, -0.1) is 0 Å². The van der Waals surface area contributed by atoms with Crippen LogP contribution in [0.5, 0.6) is 0 Å². The second-order valence-electron chi connectivity index (χ2n) is 6.35. The third kappa shape index (κ3) is 3.27. The summed E-state index contributed by atoms with van der Waals surface area (Å²) >= 11 is 0. The van der Waals surface area contributed by atoms with E-state index in [4.69, 9.17) is 0 Å². The molecule has 1 atom stereocenters. The maximum atomic E-state index is 13.1. The van der Waals surface area contributed by atoms with E-state index in [0.717, 1.165) is 48.6 Å². The Morgan fingerprint density at radius 3 is 2.32 bits per heavy atom. The topological polar surface area (TPSA) is 35.6 Å². The summed E-state index contributed by atoms with van der Waals surface area (Å²) < 4.78 is 0. The molecule has 0 fully saturated rings. The highest BCUT2D eigenvalue weighted by Crippen LogP contribution is 2.40. The predicted molar refractivity (Wildman–Crippen MR) is 103 cm³/mol. The molecule has 4 heteroatoms. The van der Waals surface area contributed by atoms with Crippen LogP contribution >= 0.6 is 0 Å². The first-order valence-corrected chi connectivity index (χ1v) is 9.10. The number of hydrogen-bond donors (Lipinski definition) is 1. The van der Waals surface area contributed by atoms with Crippen LogP contribution in [0, 0.1) is 0 Å². The van der Waals surface area contributed by atoms with E-state index in [0.29, 0.717) is 0 Å². The Morgan fingerprint density at radius 1 is 1.00 bits per heavy atom. The summed E-state index contributed by atoms with van der Waals surface area (Å²) in [5, 5.41) is 3.28. The molecule has 0 spiro atoms. The van der Waals surface area contributed by atoms with Crippen molar-refractivity contribution >= 4 is 11.6 Å². The van der Waals surface area contributed by atoms with Crippen LogP contribution in [0.4, 0.5) is 5.69 Å². The Kier molecular flexibility index (Phi) is 5.39. The SMILES string of the molecule is CCN(CC)CCN1C(=O)c2ccccc2C1c1ccccc1NC. The van der Waals surface area contributed by atoms with Crippen molar-refractivity contribution in [2.45, 2.75) is 19.9 Å². The highest BCUT2D eigenvalue weighted by atomic mass is 16.2. The monoisotopic (exact) mass is 337 g/mol. The molecule has 1 heterocycles. The third-order valence-corrected chi connectivity index (χ3v) is 5.13. The Bertz CT molecular complexity index is 739. The fourth-order valence-corrected chi connectivity index (χ4v) is 3.69. The van der Waals surface area contributed by atoms with Crippen molar-refractivity contribution in [1.29, 1.82) is 0 Å². The molecule has 3 rings (SSSR count). The standard InChI is InChI=1S/C21H27N3O/c1-4-23(5-2)14-15-24-20(18-12-8-9-13-19(18)22-3)16-10-6-7-11-17(16)21(24)25/h6-13,20,22H,4-5,14-15H2,1-3H3. The largest absolute Gasteiger partial charge is 0.388 e. The molecule has 0 bridgehead atoms. The van der Waals surface area contributed by atoms with E-state index in [1.807, 2.05) is 42.3 Å². The molecule has 1 amide bonds. The maximum Gasteiger partial charge on any atom is 0.255 e. The lowest BCUT2D eigenvalue weighted by atomic mass is 9.96. The zero-order chi connectivity index (χ0) is 17.8. The van der Waals surface area contributed by atoms with Gasteiger partial charge in [0.1, 0.15) is 0 Å². The van der Waals surface area contributed by atoms with Gasteiger partial charge in [-0.2, -0.15) is 0 Å². The van der Waals surface area contributed by atoms with Gasteiger partial charge in [0.05, 0.1) is 6.04 Å². The molecule has 0 aliphatic carbocycles. The second kappa shape index (κ2) is 7.70. The molecular formula is C21H27N3O. The summed E-state index contributed by atoms with van der Waals surface area (Å²) in [4.78, 5) is 17.4. The number of hydrogen-bond acceptors (Lipinski definition) is 3. The molecule has 4 nitrogen and oxygen atoms in total. The van der Waals surface area contributed by atoms with Crippen molar-refractivity contribution in [3.8, 4) is 0 Å². The fraction of sp³-hybridized carbons (Fsp3) is 0.381. The summed E-state index contributed by atoms with van der Waals surface area (Å²) in [7, 11) is 1.93. The quantitative estimate of drug-likeness (QED) is 0.838. The van der Waals surface area contributed by atoms with Crippen LogP contribution in [0.2, 0.25) is 0 Å². The van der Waals surface area contributed by atoms with Gasteiger partial charge >= 0.3 is 0 Å². The van der Waals surface area contributed by atoms with Crippen LogP contribution < -0.4 is 5.32 Å². The van der Waals surface area contributed by atoms with Crippen molar-refractivity contribution in [3.63, 3.8) is 0 Å². The van der Waals surface area contributed by atoms with E-state index in [1.54, 1.807) is 0 Å². The lowest BCUT2D eigenvalue weighted by molar-refractivity contribution is 0.0730. The number of rotatable bonds is 7. The molecule has 1 aliphatic heterocycles. The van der Waals surface area contributed by atoms with Crippen LogP contribution in [-0.2, 0) is 0 Å². The first kappa shape index (κ1) is 17.5. The van der Waals surface area contributed by atoms with E-state index in [2.05, 4.69) is 42.3 Å². The molecule has 1 N–H and O–H groups in total. The Balaban J connectivity index is 1.99. The van der Waals surface area contributed by atoms with E-state index >= 15 is 0 Å². The third-order valence-electron chi connectivity index (χ3n) is 5.13. The predicted octanol–water partition coefficient (Wildman–Crippen LogP) is 3.62. The Morgan fingerprint density at radius 2 is 1.64 bits per heavy atom. The van der Waals surface area contributed by atoms with Gasteiger partial charge in [-0.05, 0) is 30.8 Å². The lowest BCUT2D eigenvalue weighted by Crippen LogP contribution is -2.37. The van der Waals surface area contributed by atoms with Crippen LogP contribution in [0.1, 0.15) is 41.4 Å². The number of likely N-dealkylation sites (N-methyl/N-ethyl adjacent to an activating group) is 1. The van der Waals surface area contributed by atoms with Crippen molar-refractivity contribution in [3.05, 3.63) is 65.2 Å². The molecule has 0 aromatic heterocycles. The van der Waals surface area contributed by atoms with Crippen molar-refractivity contribution < 1.29 is 4.79 Å². The van der Waals surface area contributed by atoms with Crippen molar-refractivity contribution in [2.75, 3.05) is 38.5 Å². The van der Waals surface area contributed by atoms with Gasteiger partial charge in [0.15, 0.2) is 0 Å². The van der Waals surface area contributed by atoms with Crippen LogP contribution in [0.3, 0.4) is 0 Å². The number of nitrogens with zero attached hydrogens (tertiary/aromatic N) is 2. The number of para-hydroxylation sites is 1. The van der Waals surface area contributed by atoms with E-state index in [9.17, 15) is 4.79 Å². The van der Waals surface area contributed by atoms with Gasteiger partial charge in [-0.1, -0.05) is 50.2 Å². The van der Waals surface area contributed by atoms with Gasteiger partial charge in [-0.3, -0.25) is 4.79 Å². The molecular weight excluding hydrogens is 310 g/mol. The molecule has 0 saturated heterocycles. The molecule has 1 aliphatic rings. The average molecular weight is 337 g/mol. The van der Waals surface area contributed by atoms with Crippen molar-refractivity contribution in [1.82, 2.24) is 9.80 Å². The number of amides is 1. The summed E-state index contributed by atoms with van der Waals surface area (Å²) in [6.45, 7) is 7.96. The number of fused-ring (bicyclic) bond motifs is 1. The Hall–Kier alpha value is -2.33. The fourth-order valence-electron chi connectivity index (χ4n) is 3.69. The summed E-state index contributed by atoms with van der Waals surface area (Å²) in [6.07, 6.45) is 0. The van der Waals surface area contributed by atoms with Crippen LogP contribution in [-0.4, -0.2) is 48.9 Å². The van der Waals surface area contributed by atoms with Gasteiger partial charge < -0.3 is 15.1 Å². The number of carbonyl (C=O) groups excluding carboxylic acids is 1. The number of anilines is 1. The first-order valence-electron chi connectivity index (χ1n) is 9.10. The van der Waals surface area contributed by atoms with E-state index in [-0.39, 0.29) is 11.9 Å². The van der Waals surface area contributed by atoms with Gasteiger partial charge in [0.2, 0.25) is 0 Å².